The van der Waals surface area contributed by atoms with E-state index < -0.39 is 0 Å². The fourth-order valence-electron chi connectivity index (χ4n) is 2.64. The maximum Gasteiger partial charge on any atom is 0.276 e. The highest BCUT2D eigenvalue weighted by molar-refractivity contribution is 5.92. The largest absolute Gasteiger partial charge is 0.360 e. The first-order valence-corrected chi connectivity index (χ1v) is 6.93. The lowest BCUT2D eigenvalue weighted by atomic mass is 10.2. The van der Waals surface area contributed by atoms with E-state index in [4.69, 9.17) is 4.52 Å². The van der Waals surface area contributed by atoms with Gasteiger partial charge in [0.15, 0.2) is 5.69 Å². The van der Waals surface area contributed by atoms with E-state index in [2.05, 4.69) is 15.4 Å². The van der Waals surface area contributed by atoms with Crippen molar-refractivity contribution in [2.24, 2.45) is 0 Å². The van der Waals surface area contributed by atoms with Crippen LogP contribution in [0.4, 0.5) is 0 Å². The van der Waals surface area contributed by atoms with Crippen molar-refractivity contribution >= 4 is 5.91 Å². The minimum atomic E-state index is -0.0599. The third kappa shape index (κ3) is 1.99. The molecule has 1 amide bonds. The Labute approximate surface area is 115 Å². The molecule has 2 fully saturated rings. The molecule has 1 unspecified atom stereocenters. The smallest absolute Gasteiger partial charge is 0.276 e. The Hall–Kier alpha value is -2.18. The average molecular weight is 273 g/mol. The number of aromatic nitrogens is 4. The second-order valence-electron chi connectivity index (χ2n) is 5.43. The fourth-order valence-corrected chi connectivity index (χ4v) is 2.64. The summed E-state index contributed by atoms with van der Waals surface area (Å²) in [6, 6.07) is 1.95. The topological polar surface area (TPSA) is 77.0 Å². The van der Waals surface area contributed by atoms with E-state index in [1.54, 1.807) is 28.2 Å². The van der Waals surface area contributed by atoms with Gasteiger partial charge in [-0.25, -0.2) is 0 Å². The van der Waals surface area contributed by atoms with Crippen LogP contribution in [0, 0.1) is 0 Å². The van der Waals surface area contributed by atoms with Gasteiger partial charge in [-0.05, 0) is 19.3 Å². The van der Waals surface area contributed by atoms with Gasteiger partial charge in [0.2, 0.25) is 0 Å². The van der Waals surface area contributed by atoms with E-state index in [0.717, 1.165) is 25.0 Å². The Bertz CT molecular complexity index is 617. The summed E-state index contributed by atoms with van der Waals surface area (Å²) >= 11 is 0. The molecule has 2 aromatic rings. The molecule has 0 bridgehead atoms. The highest BCUT2D eigenvalue weighted by atomic mass is 16.5. The Morgan fingerprint density at radius 3 is 2.80 bits per heavy atom. The standard InChI is InChI=1S/C13H15N5O2/c19-13(11-7-12(20-16-11)9-1-2-9)17-6-3-10(8-17)18-14-4-5-15-18/h4-5,7,9-10H,1-3,6,8H2. The number of carbonyl (C=O) groups is 1. The van der Waals surface area contributed by atoms with Gasteiger partial charge in [0, 0.05) is 25.1 Å². The summed E-state index contributed by atoms with van der Waals surface area (Å²) in [6.45, 7) is 1.33. The SMILES string of the molecule is O=C(c1cc(C2CC2)on1)N1CCC(n2nccn2)C1. The molecule has 0 spiro atoms. The zero-order chi connectivity index (χ0) is 13.5. The molecule has 104 valence electrons. The van der Waals surface area contributed by atoms with Gasteiger partial charge in [-0.2, -0.15) is 15.0 Å². The van der Waals surface area contributed by atoms with Crippen molar-refractivity contribution in [2.75, 3.05) is 13.1 Å². The highest BCUT2D eigenvalue weighted by Gasteiger charge is 2.33. The molecular formula is C13H15N5O2. The number of hydrogen-bond donors (Lipinski definition) is 0. The van der Waals surface area contributed by atoms with E-state index in [1.165, 1.54) is 0 Å². The van der Waals surface area contributed by atoms with Gasteiger partial charge < -0.3 is 9.42 Å². The Morgan fingerprint density at radius 2 is 2.05 bits per heavy atom. The lowest BCUT2D eigenvalue weighted by Gasteiger charge is -2.14. The summed E-state index contributed by atoms with van der Waals surface area (Å²) in [5.74, 6) is 1.26. The Kier molecular flexibility index (Phi) is 2.58. The summed E-state index contributed by atoms with van der Waals surface area (Å²) < 4.78 is 5.24. The summed E-state index contributed by atoms with van der Waals surface area (Å²) in [5, 5.41) is 12.2. The first-order valence-electron chi connectivity index (χ1n) is 6.93. The molecule has 20 heavy (non-hydrogen) atoms. The van der Waals surface area contributed by atoms with E-state index in [0.29, 0.717) is 24.7 Å². The normalized spacial score (nSPS) is 22.4. The van der Waals surface area contributed by atoms with Crippen molar-refractivity contribution in [1.82, 2.24) is 25.1 Å². The van der Waals surface area contributed by atoms with Crippen LogP contribution in [-0.2, 0) is 0 Å². The number of amides is 1. The quantitative estimate of drug-likeness (QED) is 0.840. The van der Waals surface area contributed by atoms with Crippen molar-refractivity contribution in [2.45, 2.75) is 31.2 Å². The molecule has 4 rings (SSSR count). The zero-order valence-corrected chi connectivity index (χ0v) is 11.0. The van der Waals surface area contributed by atoms with Crippen LogP contribution in [0.15, 0.2) is 23.0 Å². The van der Waals surface area contributed by atoms with Crippen LogP contribution in [0.1, 0.15) is 47.5 Å². The maximum absolute atomic E-state index is 12.4. The summed E-state index contributed by atoms with van der Waals surface area (Å²) in [6.07, 6.45) is 6.46. The van der Waals surface area contributed by atoms with Crippen molar-refractivity contribution in [3.63, 3.8) is 0 Å². The molecule has 1 saturated heterocycles. The van der Waals surface area contributed by atoms with Gasteiger partial charge in [-0.1, -0.05) is 5.16 Å². The molecule has 1 aliphatic heterocycles. The molecule has 0 radical (unpaired) electrons. The Morgan fingerprint density at radius 1 is 1.25 bits per heavy atom. The van der Waals surface area contributed by atoms with Gasteiger partial charge in [-0.3, -0.25) is 4.79 Å². The minimum Gasteiger partial charge on any atom is -0.360 e. The van der Waals surface area contributed by atoms with Crippen LogP contribution in [-0.4, -0.2) is 44.0 Å². The molecule has 7 nitrogen and oxygen atoms in total. The van der Waals surface area contributed by atoms with Gasteiger partial charge >= 0.3 is 0 Å². The lowest BCUT2D eigenvalue weighted by molar-refractivity contribution is 0.0775. The summed E-state index contributed by atoms with van der Waals surface area (Å²) in [4.78, 5) is 15.8. The van der Waals surface area contributed by atoms with Crippen molar-refractivity contribution in [1.29, 1.82) is 0 Å². The minimum absolute atomic E-state index is 0.0599. The van der Waals surface area contributed by atoms with Crippen molar-refractivity contribution in [3.05, 3.63) is 29.9 Å². The summed E-state index contributed by atoms with van der Waals surface area (Å²) in [7, 11) is 0. The van der Waals surface area contributed by atoms with Gasteiger partial charge in [0.25, 0.3) is 5.91 Å². The molecule has 2 aliphatic rings. The van der Waals surface area contributed by atoms with Crippen molar-refractivity contribution in [3.8, 4) is 0 Å². The number of nitrogens with zero attached hydrogens (tertiary/aromatic N) is 5. The molecule has 1 aliphatic carbocycles. The predicted molar refractivity (Wildman–Crippen MR) is 68.1 cm³/mol. The van der Waals surface area contributed by atoms with E-state index in [9.17, 15) is 4.79 Å². The first-order chi connectivity index (χ1) is 9.81. The second-order valence-corrected chi connectivity index (χ2v) is 5.43. The van der Waals surface area contributed by atoms with Gasteiger partial charge in [0.05, 0.1) is 18.4 Å². The van der Waals surface area contributed by atoms with E-state index in [-0.39, 0.29) is 11.9 Å². The second kappa shape index (κ2) is 4.43. The molecular weight excluding hydrogens is 258 g/mol. The number of likely N-dealkylation sites (tertiary alicyclic amines) is 1. The summed E-state index contributed by atoms with van der Waals surface area (Å²) in [5.41, 5.74) is 0.418. The van der Waals surface area contributed by atoms with Crippen LogP contribution in [0.3, 0.4) is 0 Å². The molecule has 7 heteroatoms. The monoisotopic (exact) mass is 273 g/mol. The molecule has 3 heterocycles. The third-order valence-electron chi connectivity index (χ3n) is 3.94. The van der Waals surface area contributed by atoms with E-state index in [1.807, 2.05) is 0 Å². The Balaban J connectivity index is 1.46. The average Bonchev–Trinajstić information content (AvgIpc) is 2.97. The van der Waals surface area contributed by atoms with Crippen LogP contribution in [0.2, 0.25) is 0 Å². The molecule has 1 saturated carbocycles. The van der Waals surface area contributed by atoms with Gasteiger partial charge in [0.1, 0.15) is 5.76 Å². The number of carbonyl (C=O) groups excluding carboxylic acids is 1. The van der Waals surface area contributed by atoms with Gasteiger partial charge in [-0.15, -0.1) is 0 Å². The maximum atomic E-state index is 12.4. The predicted octanol–water partition coefficient (Wildman–Crippen LogP) is 1.23. The van der Waals surface area contributed by atoms with Crippen LogP contribution >= 0.6 is 0 Å². The number of rotatable bonds is 3. The molecule has 1 atom stereocenters. The van der Waals surface area contributed by atoms with Crippen LogP contribution in [0.25, 0.3) is 0 Å². The van der Waals surface area contributed by atoms with Crippen LogP contribution < -0.4 is 0 Å². The highest BCUT2D eigenvalue weighted by Crippen LogP contribution is 2.40. The number of hydrogen-bond acceptors (Lipinski definition) is 5. The first kappa shape index (κ1) is 11.6. The third-order valence-corrected chi connectivity index (χ3v) is 3.94. The molecule has 2 aromatic heterocycles. The molecule has 0 aromatic carbocycles. The lowest BCUT2D eigenvalue weighted by Crippen LogP contribution is -2.29. The fraction of sp³-hybridized carbons (Fsp3) is 0.538. The molecule has 0 N–H and O–H groups in total. The van der Waals surface area contributed by atoms with Crippen LogP contribution in [0.5, 0.6) is 0 Å². The van der Waals surface area contributed by atoms with Crippen molar-refractivity contribution < 1.29 is 9.32 Å². The zero-order valence-electron chi connectivity index (χ0n) is 11.0. The van der Waals surface area contributed by atoms with E-state index >= 15 is 0 Å².